The summed E-state index contributed by atoms with van der Waals surface area (Å²) in [5, 5.41) is 0.975. The van der Waals surface area contributed by atoms with E-state index in [4.69, 9.17) is 11.6 Å². The summed E-state index contributed by atoms with van der Waals surface area (Å²) in [6, 6.07) is 0. The van der Waals surface area contributed by atoms with Gasteiger partial charge in [-0.05, 0) is 12.8 Å². The molecule has 0 fully saturated rings. The summed E-state index contributed by atoms with van der Waals surface area (Å²) < 4.78 is 0. The minimum Gasteiger partial charge on any atom is -0.0895 e. The van der Waals surface area contributed by atoms with Gasteiger partial charge in [0, 0.05) is 5.03 Å². The summed E-state index contributed by atoms with van der Waals surface area (Å²) in [6.45, 7) is 4.13. The Morgan fingerprint density at radius 1 is 1.57 bits per heavy atom. The van der Waals surface area contributed by atoms with Gasteiger partial charge in [0.1, 0.15) is 0 Å². The van der Waals surface area contributed by atoms with Crippen LogP contribution in [0.1, 0.15) is 26.7 Å². The Kier molecular flexibility index (Phi) is 4.21. The van der Waals surface area contributed by atoms with Crippen LogP contribution in [0.5, 0.6) is 0 Å². The number of allylic oxidation sites excluding steroid dienone is 2. The predicted octanol–water partition coefficient (Wildman–Crippen LogP) is 2.93. The van der Waals surface area contributed by atoms with Gasteiger partial charge in [-0.2, -0.15) is 0 Å². The maximum Gasteiger partial charge on any atom is 0.0138 e. The molecule has 0 aliphatic carbocycles. The van der Waals surface area contributed by atoms with Gasteiger partial charge >= 0.3 is 0 Å². The van der Waals surface area contributed by atoms with Crippen molar-refractivity contribution >= 4 is 11.6 Å². The van der Waals surface area contributed by atoms with E-state index in [9.17, 15) is 0 Å². The van der Waals surface area contributed by atoms with E-state index in [2.05, 4.69) is 13.8 Å². The molecule has 0 atom stereocenters. The SMILES string of the molecule is CCC=C(Cl)CC. The Labute approximate surface area is 50.2 Å². The second-order valence-electron chi connectivity index (χ2n) is 1.41. The molecule has 0 aliphatic rings. The van der Waals surface area contributed by atoms with Crippen molar-refractivity contribution in [3.8, 4) is 0 Å². The van der Waals surface area contributed by atoms with Crippen LogP contribution in [0.25, 0.3) is 0 Å². The summed E-state index contributed by atoms with van der Waals surface area (Å²) in [5.74, 6) is 0. The highest BCUT2D eigenvalue weighted by molar-refractivity contribution is 6.29. The van der Waals surface area contributed by atoms with Crippen molar-refractivity contribution in [1.82, 2.24) is 0 Å². The van der Waals surface area contributed by atoms with E-state index in [1.807, 2.05) is 6.08 Å². The maximum absolute atomic E-state index is 5.63. The molecule has 0 saturated heterocycles. The van der Waals surface area contributed by atoms with Crippen LogP contribution in [0.4, 0.5) is 0 Å². The normalized spacial score (nSPS) is 12.1. The molecule has 0 bridgehead atoms. The third kappa shape index (κ3) is 3.87. The molecule has 42 valence electrons. The molecule has 0 aliphatic heterocycles. The molecule has 0 rings (SSSR count). The van der Waals surface area contributed by atoms with Crippen LogP contribution in [0, 0.1) is 0 Å². The molecule has 7 heavy (non-hydrogen) atoms. The van der Waals surface area contributed by atoms with Crippen LogP contribution >= 0.6 is 11.6 Å². The fourth-order valence-electron chi connectivity index (χ4n) is 0.366. The van der Waals surface area contributed by atoms with Crippen LogP contribution in [-0.4, -0.2) is 0 Å². The first kappa shape index (κ1) is 7.03. The standard InChI is InChI=1S/C6H11Cl/c1-3-5-6(7)4-2/h5H,3-4H2,1-2H3. The van der Waals surface area contributed by atoms with E-state index in [1.54, 1.807) is 0 Å². The van der Waals surface area contributed by atoms with Crippen molar-refractivity contribution in [2.75, 3.05) is 0 Å². The second-order valence-corrected chi connectivity index (χ2v) is 1.90. The summed E-state index contributed by atoms with van der Waals surface area (Å²) in [5.41, 5.74) is 0. The number of rotatable bonds is 2. The molecule has 0 radical (unpaired) electrons. The quantitative estimate of drug-likeness (QED) is 0.523. The lowest BCUT2D eigenvalue weighted by molar-refractivity contribution is 1.13. The van der Waals surface area contributed by atoms with Crippen LogP contribution < -0.4 is 0 Å². The number of hydrogen-bond acceptors (Lipinski definition) is 0. The molecule has 0 heterocycles. The third-order valence-electron chi connectivity index (χ3n) is 0.763. The highest BCUT2D eigenvalue weighted by atomic mass is 35.5. The molecule has 0 aromatic carbocycles. The van der Waals surface area contributed by atoms with Gasteiger partial charge in [0.2, 0.25) is 0 Å². The Balaban J connectivity index is 3.29. The molecule has 0 saturated carbocycles. The van der Waals surface area contributed by atoms with E-state index in [0.717, 1.165) is 17.9 Å². The highest BCUT2D eigenvalue weighted by Crippen LogP contribution is 2.05. The zero-order chi connectivity index (χ0) is 5.70. The summed E-state index contributed by atoms with van der Waals surface area (Å²) in [6.07, 6.45) is 4.05. The minimum absolute atomic E-state index is 0.968. The largest absolute Gasteiger partial charge is 0.0895 e. The predicted molar refractivity (Wildman–Crippen MR) is 34.5 cm³/mol. The first-order valence-corrected chi connectivity index (χ1v) is 3.03. The minimum atomic E-state index is 0.968. The molecule has 0 amide bonds. The summed E-state index contributed by atoms with van der Waals surface area (Å²) in [7, 11) is 0. The third-order valence-corrected chi connectivity index (χ3v) is 1.18. The van der Waals surface area contributed by atoms with Crippen LogP contribution in [0.2, 0.25) is 0 Å². The Morgan fingerprint density at radius 3 is 2.29 bits per heavy atom. The monoisotopic (exact) mass is 118 g/mol. The van der Waals surface area contributed by atoms with Crippen LogP contribution in [-0.2, 0) is 0 Å². The van der Waals surface area contributed by atoms with E-state index >= 15 is 0 Å². The molecule has 0 aromatic heterocycles. The Morgan fingerprint density at radius 2 is 2.14 bits per heavy atom. The van der Waals surface area contributed by atoms with Crippen molar-refractivity contribution in [2.24, 2.45) is 0 Å². The van der Waals surface area contributed by atoms with Gasteiger partial charge in [0.05, 0.1) is 0 Å². The molecule has 0 spiro atoms. The van der Waals surface area contributed by atoms with E-state index in [-0.39, 0.29) is 0 Å². The van der Waals surface area contributed by atoms with Gasteiger partial charge in [-0.3, -0.25) is 0 Å². The molecule has 0 unspecified atom stereocenters. The average Bonchev–Trinajstić information content (AvgIpc) is 1.68. The first-order chi connectivity index (χ1) is 3.31. The van der Waals surface area contributed by atoms with Gasteiger partial charge in [0.15, 0.2) is 0 Å². The van der Waals surface area contributed by atoms with Gasteiger partial charge in [-0.15, -0.1) is 0 Å². The van der Waals surface area contributed by atoms with Gasteiger partial charge < -0.3 is 0 Å². The lowest BCUT2D eigenvalue weighted by atomic mass is 10.3. The number of halogens is 1. The lowest BCUT2D eigenvalue weighted by Crippen LogP contribution is -1.63. The van der Waals surface area contributed by atoms with Crippen molar-refractivity contribution < 1.29 is 0 Å². The molecule has 0 aromatic rings. The first-order valence-electron chi connectivity index (χ1n) is 2.65. The molecule has 0 nitrogen and oxygen atoms in total. The van der Waals surface area contributed by atoms with Crippen LogP contribution in [0.15, 0.2) is 11.1 Å². The molecule has 0 N–H and O–H groups in total. The van der Waals surface area contributed by atoms with Gasteiger partial charge in [-0.25, -0.2) is 0 Å². The van der Waals surface area contributed by atoms with Gasteiger partial charge in [0.25, 0.3) is 0 Å². The maximum atomic E-state index is 5.63. The second kappa shape index (κ2) is 4.20. The smallest absolute Gasteiger partial charge is 0.0138 e. The Hall–Kier alpha value is 0.0300. The lowest BCUT2D eigenvalue weighted by Gasteiger charge is -1.85. The molecular formula is C6H11Cl. The average molecular weight is 119 g/mol. The summed E-state index contributed by atoms with van der Waals surface area (Å²) in [4.78, 5) is 0. The molecular weight excluding hydrogens is 108 g/mol. The van der Waals surface area contributed by atoms with E-state index in [1.165, 1.54) is 0 Å². The Bertz CT molecular complexity index is 64.6. The van der Waals surface area contributed by atoms with Crippen LogP contribution in [0.3, 0.4) is 0 Å². The zero-order valence-corrected chi connectivity index (χ0v) is 5.63. The van der Waals surface area contributed by atoms with Gasteiger partial charge in [-0.1, -0.05) is 31.5 Å². The van der Waals surface area contributed by atoms with Crippen molar-refractivity contribution in [1.29, 1.82) is 0 Å². The zero-order valence-electron chi connectivity index (χ0n) is 4.87. The van der Waals surface area contributed by atoms with Crippen molar-refractivity contribution in [2.45, 2.75) is 26.7 Å². The topological polar surface area (TPSA) is 0 Å². The van der Waals surface area contributed by atoms with E-state index in [0.29, 0.717) is 0 Å². The summed E-state index contributed by atoms with van der Waals surface area (Å²) >= 11 is 5.63. The molecule has 1 heteroatoms. The fraction of sp³-hybridized carbons (Fsp3) is 0.667. The number of hydrogen-bond donors (Lipinski definition) is 0. The van der Waals surface area contributed by atoms with Crippen molar-refractivity contribution in [3.63, 3.8) is 0 Å². The fourth-order valence-corrected chi connectivity index (χ4v) is 0.520. The van der Waals surface area contributed by atoms with Crippen molar-refractivity contribution in [3.05, 3.63) is 11.1 Å². The highest BCUT2D eigenvalue weighted by Gasteiger charge is 1.79. The van der Waals surface area contributed by atoms with E-state index < -0.39 is 0 Å².